The maximum atomic E-state index is 13.1. The minimum atomic E-state index is -4.54. The third kappa shape index (κ3) is 6.51. The number of hydrogen-bond donors (Lipinski definition) is 2. The summed E-state index contributed by atoms with van der Waals surface area (Å²) in [4.78, 5) is 30.5. The van der Waals surface area contributed by atoms with E-state index in [2.05, 4.69) is 15.7 Å². The van der Waals surface area contributed by atoms with E-state index >= 15 is 0 Å². The van der Waals surface area contributed by atoms with Gasteiger partial charge in [0, 0.05) is 67.9 Å². The second-order valence-corrected chi connectivity index (χ2v) is 10.2. The zero-order chi connectivity index (χ0) is 29.1. The molecule has 41 heavy (non-hydrogen) atoms. The molecular formula is C30H30F3N5O3. The quantitative estimate of drug-likeness (QED) is 0.406. The molecule has 0 radical (unpaired) electrons. The molecule has 2 aliphatic heterocycles. The normalized spacial score (nSPS) is 17.0. The third-order valence-corrected chi connectivity index (χ3v) is 7.24. The van der Waals surface area contributed by atoms with Crippen LogP contribution in [0, 0.1) is 12.8 Å². The fourth-order valence-electron chi connectivity index (χ4n) is 4.93. The van der Waals surface area contributed by atoms with Gasteiger partial charge in [-0.05, 0) is 60.9 Å². The molecule has 3 aromatic rings. The molecular weight excluding hydrogens is 535 g/mol. The van der Waals surface area contributed by atoms with E-state index in [9.17, 15) is 22.8 Å². The molecule has 1 atom stereocenters. The van der Waals surface area contributed by atoms with Gasteiger partial charge in [-0.3, -0.25) is 19.6 Å². The summed E-state index contributed by atoms with van der Waals surface area (Å²) in [7, 11) is 0. The van der Waals surface area contributed by atoms with Crippen molar-refractivity contribution in [2.75, 3.05) is 36.6 Å². The number of benzene rings is 2. The number of aromatic nitrogens is 1. The van der Waals surface area contributed by atoms with Crippen LogP contribution >= 0.6 is 0 Å². The molecule has 5 rings (SSSR count). The van der Waals surface area contributed by atoms with E-state index in [-0.39, 0.29) is 17.4 Å². The van der Waals surface area contributed by atoms with Crippen molar-refractivity contribution in [3.63, 3.8) is 0 Å². The van der Waals surface area contributed by atoms with Gasteiger partial charge in [0.05, 0.1) is 17.9 Å². The summed E-state index contributed by atoms with van der Waals surface area (Å²) in [5, 5.41) is 4.53. The molecule has 11 heteroatoms. The highest BCUT2D eigenvalue weighted by atomic mass is 19.4. The van der Waals surface area contributed by atoms with Gasteiger partial charge in [-0.2, -0.15) is 13.2 Å². The standard InChI is InChI=1S/C30H30F3N5O3/c1-19-6-7-25(36-29(40)22-4-3-5-24(12-22)30(31,32)33)13-27(19)38-17-23(14-35-38)26-15-34-10-8-28(26)41-18-21-9-11-37(16-21)20(2)39/h3-8,10,12-13,15,17,21,35H,9,11,14,16,18H2,1-2H3,(H,36,40). The number of anilines is 2. The topological polar surface area (TPSA) is 86.8 Å². The van der Waals surface area contributed by atoms with Gasteiger partial charge in [0.2, 0.25) is 5.91 Å². The molecule has 0 aliphatic carbocycles. The molecule has 2 aliphatic rings. The lowest BCUT2D eigenvalue weighted by Gasteiger charge is -2.19. The zero-order valence-corrected chi connectivity index (χ0v) is 22.7. The fourth-order valence-corrected chi connectivity index (χ4v) is 4.93. The van der Waals surface area contributed by atoms with Crippen LogP contribution in [0.25, 0.3) is 5.57 Å². The molecule has 8 nitrogen and oxygen atoms in total. The lowest BCUT2D eigenvalue weighted by molar-refractivity contribution is -0.137. The van der Waals surface area contributed by atoms with E-state index in [0.29, 0.717) is 31.1 Å². The van der Waals surface area contributed by atoms with Crippen LogP contribution in [0.4, 0.5) is 24.5 Å². The summed E-state index contributed by atoms with van der Waals surface area (Å²) in [5.41, 5.74) is 6.27. The molecule has 1 saturated heterocycles. The first-order valence-corrected chi connectivity index (χ1v) is 13.2. The Morgan fingerprint density at radius 1 is 1.17 bits per heavy atom. The van der Waals surface area contributed by atoms with Gasteiger partial charge in [-0.1, -0.05) is 12.1 Å². The summed E-state index contributed by atoms with van der Waals surface area (Å²) in [5.74, 6) is 0.412. The number of ether oxygens (including phenoxy) is 1. The lowest BCUT2D eigenvalue weighted by Crippen LogP contribution is -2.29. The fraction of sp³-hybridized carbons (Fsp3) is 0.300. The highest BCUT2D eigenvalue weighted by Crippen LogP contribution is 2.33. The first-order chi connectivity index (χ1) is 19.6. The molecule has 2 amide bonds. The summed E-state index contributed by atoms with van der Waals surface area (Å²) in [6.07, 6.45) is 1.72. The number of pyridine rings is 1. The molecule has 0 saturated carbocycles. The second kappa shape index (κ2) is 11.6. The second-order valence-electron chi connectivity index (χ2n) is 10.2. The minimum Gasteiger partial charge on any atom is -0.492 e. The average molecular weight is 566 g/mol. The molecule has 1 unspecified atom stereocenters. The largest absolute Gasteiger partial charge is 0.492 e. The Morgan fingerprint density at radius 2 is 2.00 bits per heavy atom. The van der Waals surface area contributed by atoms with E-state index < -0.39 is 17.6 Å². The molecule has 2 aromatic carbocycles. The summed E-state index contributed by atoms with van der Waals surface area (Å²) >= 11 is 0. The molecule has 0 bridgehead atoms. The van der Waals surface area contributed by atoms with Gasteiger partial charge in [0.25, 0.3) is 5.91 Å². The SMILES string of the molecule is CC(=O)N1CCC(COc2ccncc2C2=CN(c3cc(NC(=O)c4cccc(C(F)(F)F)c4)ccc3C)NC2)C1. The number of nitrogens with zero attached hydrogens (tertiary/aromatic N) is 3. The van der Waals surface area contributed by atoms with Gasteiger partial charge < -0.3 is 15.0 Å². The van der Waals surface area contributed by atoms with E-state index in [1.807, 2.05) is 35.2 Å². The van der Waals surface area contributed by atoms with Crippen molar-refractivity contribution < 1.29 is 27.5 Å². The number of alkyl halides is 3. The number of carbonyl (C=O) groups is 2. The molecule has 2 N–H and O–H groups in total. The number of halogens is 3. The number of carbonyl (C=O) groups excluding carboxylic acids is 2. The van der Waals surface area contributed by atoms with E-state index in [1.165, 1.54) is 12.1 Å². The van der Waals surface area contributed by atoms with Gasteiger partial charge >= 0.3 is 6.18 Å². The van der Waals surface area contributed by atoms with Crippen molar-refractivity contribution in [1.82, 2.24) is 15.3 Å². The highest BCUT2D eigenvalue weighted by Gasteiger charge is 2.31. The number of amides is 2. The van der Waals surface area contributed by atoms with Crippen LogP contribution in [0.3, 0.4) is 0 Å². The number of rotatable bonds is 7. The number of hydrogen-bond acceptors (Lipinski definition) is 6. The smallest absolute Gasteiger partial charge is 0.416 e. The maximum absolute atomic E-state index is 13.1. The summed E-state index contributed by atoms with van der Waals surface area (Å²) in [6.45, 7) is 5.94. The van der Waals surface area contributed by atoms with Gasteiger partial charge in [-0.25, -0.2) is 5.43 Å². The Morgan fingerprint density at radius 3 is 2.76 bits per heavy atom. The number of hydrazine groups is 1. The van der Waals surface area contributed by atoms with Crippen molar-refractivity contribution in [2.24, 2.45) is 5.92 Å². The van der Waals surface area contributed by atoms with Gasteiger partial charge in [-0.15, -0.1) is 0 Å². The molecule has 1 fully saturated rings. The predicted molar refractivity (Wildman–Crippen MR) is 149 cm³/mol. The third-order valence-electron chi connectivity index (χ3n) is 7.24. The summed E-state index contributed by atoms with van der Waals surface area (Å²) in [6, 6.07) is 11.4. The highest BCUT2D eigenvalue weighted by molar-refractivity contribution is 6.04. The predicted octanol–water partition coefficient (Wildman–Crippen LogP) is 5.27. The van der Waals surface area contributed by atoms with Crippen LogP contribution in [0.1, 0.15) is 40.4 Å². The van der Waals surface area contributed by atoms with Crippen molar-refractivity contribution in [3.05, 3.63) is 89.4 Å². The Balaban J connectivity index is 1.29. The zero-order valence-electron chi connectivity index (χ0n) is 22.7. The van der Waals surface area contributed by atoms with Gasteiger partial charge in [0.1, 0.15) is 5.75 Å². The van der Waals surface area contributed by atoms with Crippen LogP contribution in [0.5, 0.6) is 5.75 Å². The van der Waals surface area contributed by atoms with Crippen LogP contribution < -0.4 is 20.5 Å². The molecule has 214 valence electrons. The van der Waals surface area contributed by atoms with Crippen molar-refractivity contribution in [1.29, 1.82) is 0 Å². The average Bonchev–Trinajstić information content (AvgIpc) is 3.63. The Hall–Kier alpha value is -4.38. The molecule has 3 heterocycles. The monoisotopic (exact) mass is 565 g/mol. The van der Waals surface area contributed by atoms with Crippen LogP contribution in [-0.2, 0) is 11.0 Å². The van der Waals surface area contributed by atoms with Crippen molar-refractivity contribution >= 4 is 28.8 Å². The van der Waals surface area contributed by atoms with Gasteiger partial charge in [0.15, 0.2) is 0 Å². The maximum Gasteiger partial charge on any atom is 0.416 e. The van der Waals surface area contributed by atoms with Crippen molar-refractivity contribution in [2.45, 2.75) is 26.4 Å². The molecule has 1 aromatic heterocycles. The number of aryl methyl sites for hydroxylation is 1. The van der Waals surface area contributed by atoms with E-state index in [0.717, 1.165) is 47.5 Å². The van der Waals surface area contributed by atoms with E-state index in [4.69, 9.17) is 4.74 Å². The number of nitrogens with one attached hydrogen (secondary N) is 2. The van der Waals surface area contributed by atoms with E-state index in [1.54, 1.807) is 31.5 Å². The number of likely N-dealkylation sites (tertiary alicyclic amines) is 1. The summed E-state index contributed by atoms with van der Waals surface area (Å²) < 4.78 is 45.4. The van der Waals surface area contributed by atoms with Crippen LogP contribution in [0.2, 0.25) is 0 Å². The lowest BCUT2D eigenvalue weighted by atomic mass is 10.1. The first-order valence-electron chi connectivity index (χ1n) is 13.2. The Bertz CT molecular complexity index is 1490. The van der Waals surface area contributed by atoms with Crippen LogP contribution in [0.15, 0.2) is 67.1 Å². The first kappa shape index (κ1) is 28.2. The minimum absolute atomic E-state index is 0.0777. The Kier molecular flexibility index (Phi) is 7.98. The van der Waals surface area contributed by atoms with Crippen molar-refractivity contribution in [3.8, 4) is 5.75 Å². The Labute approximate surface area is 235 Å². The van der Waals surface area contributed by atoms with Crippen LogP contribution in [-0.4, -0.2) is 47.9 Å². The molecule has 0 spiro atoms.